The molecule has 3 aromatic rings. The van der Waals surface area contributed by atoms with Crippen molar-refractivity contribution >= 4 is 40.7 Å². The number of benzene rings is 2. The molecule has 1 aliphatic heterocycles. The molecule has 0 spiro atoms. The summed E-state index contributed by atoms with van der Waals surface area (Å²) in [5, 5.41) is 18.0. The van der Waals surface area contributed by atoms with Crippen molar-refractivity contribution in [3.05, 3.63) is 68.8 Å². The highest BCUT2D eigenvalue weighted by atomic mass is 35.5. The molecule has 0 radical (unpaired) electrons. The number of rotatable bonds is 5. The molecule has 1 saturated heterocycles. The lowest BCUT2D eigenvalue weighted by Crippen LogP contribution is -2.43. The number of nitrogens with zero attached hydrogens (tertiary/aromatic N) is 3. The third kappa shape index (κ3) is 5.36. The Morgan fingerprint density at radius 1 is 1.09 bits per heavy atom. The molecule has 4 rings (SSSR count). The van der Waals surface area contributed by atoms with Gasteiger partial charge in [-0.05, 0) is 56.0 Å². The Morgan fingerprint density at radius 2 is 1.82 bits per heavy atom. The van der Waals surface area contributed by atoms with Crippen molar-refractivity contribution in [3.8, 4) is 16.9 Å². The molecule has 1 atom stereocenters. The summed E-state index contributed by atoms with van der Waals surface area (Å²) in [7, 11) is 0. The van der Waals surface area contributed by atoms with Crippen LogP contribution in [0.25, 0.3) is 16.9 Å². The van der Waals surface area contributed by atoms with Crippen LogP contribution in [0.15, 0.2) is 42.5 Å². The Bertz CT molecular complexity index is 1150. The monoisotopic (exact) mass is 506 g/mol. The quantitative estimate of drug-likeness (QED) is 0.475. The summed E-state index contributed by atoms with van der Waals surface area (Å²) >= 11 is 18.7. The van der Waals surface area contributed by atoms with Gasteiger partial charge >= 0.3 is 0 Å². The zero-order valence-electron chi connectivity index (χ0n) is 18.2. The molecule has 9 heteroatoms. The first-order valence-corrected chi connectivity index (χ1v) is 12.1. The van der Waals surface area contributed by atoms with Crippen LogP contribution < -0.4 is 5.43 Å². The molecule has 174 valence electrons. The average Bonchev–Trinajstić information content (AvgIpc) is 3.05. The summed E-state index contributed by atoms with van der Waals surface area (Å²) in [6, 6.07) is 12.6. The summed E-state index contributed by atoms with van der Waals surface area (Å²) in [6.45, 7) is 3.25. The average molecular weight is 508 g/mol. The van der Waals surface area contributed by atoms with Gasteiger partial charge < -0.3 is 5.11 Å². The number of carbonyl (C=O) groups excluding carboxylic acids is 1. The van der Waals surface area contributed by atoms with Crippen LogP contribution in [0.4, 0.5) is 0 Å². The van der Waals surface area contributed by atoms with Gasteiger partial charge in [-0.2, -0.15) is 5.10 Å². The lowest BCUT2D eigenvalue weighted by Gasteiger charge is -2.20. The minimum Gasteiger partial charge on any atom is -0.393 e. The second-order valence-corrected chi connectivity index (χ2v) is 9.34. The number of hydrazine groups is 1. The first-order valence-electron chi connectivity index (χ1n) is 10.9. The van der Waals surface area contributed by atoms with Crippen LogP contribution in [0.1, 0.15) is 42.2 Å². The summed E-state index contributed by atoms with van der Waals surface area (Å²) in [4.78, 5) is 13.3. The largest absolute Gasteiger partial charge is 0.393 e. The normalized spacial score (nSPS) is 17.1. The van der Waals surface area contributed by atoms with E-state index in [2.05, 4.69) is 5.43 Å². The Kier molecular flexibility index (Phi) is 7.62. The SMILES string of the molecule is CCc1c(C(=O)NN2CCCC(O)CC2)nn(-c2ccc(Cl)cc2Cl)c1-c1ccc(Cl)cc1. The highest BCUT2D eigenvalue weighted by Gasteiger charge is 2.26. The highest BCUT2D eigenvalue weighted by Crippen LogP contribution is 2.34. The van der Waals surface area contributed by atoms with E-state index in [1.807, 2.05) is 24.1 Å². The molecule has 6 nitrogen and oxygen atoms in total. The molecule has 33 heavy (non-hydrogen) atoms. The van der Waals surface area contributed by atoms with Crippen molar-refractivity contribution in [1.82, 2.24) is 20.2 Å². The van der Waals surface area contributed by atoms with Gasteiger partial charge in [0.05, 0.1) is 22.5 Å². The molecule has 0 aliphatic carbocycles. The van der Waals surface area contributed by atoms with E-state index in [0.717, 1.165) is 29.7 Å². The molecule has 0 saturated carbocycles. The first-order chi connectivity index (χ1) is 15.9. The Labute approximate surface area is 208 Å². The van der Waals surface area contributed by atoms with Crippen LogP contribution in [0.2, 0.25) is 15.1 Å². The van der Waals surface area contributed by atoms with Gasteiger partial charge in [-0.15, -0.1) is 0 Å². The Morgan fingerprint density at radius 3 is 2.52 bits per heavy atom. The summed E-state index contributed by atoms with van der Waals surface area (Å²) < 4.78 is 1.70. The fourth-order valence-electron chi connectivity index (χ4n) is 4.09. The van der Waals surface area contributed by atoms with Crippen LogP contribution >= 0.6 is 34.8 Å². The third-order valence-corrected chi connectivity index (χ3v) is 6.55. The van der Waals surface area contributed by atoms with E-state index >= 15 is 0 Å². The number of aliphatic hydroxyl groups is 1. The van der Waals surface area contributed by atoms with Crippen molar-refractivity contribution in [2.24, 2.45) is 0 Å². The van der Waals surface area contributed by atoms with Gasteiger partial charge in [0.15, 0.2) is 5.69 Å². The van der Waals surface area contributed by atoms with E-state index < -0.39 is 0 Å². The fraction of sp³-hybridized carbons (Fsp3) is 0.333. The van der Waals surface area contributed by atoms with E-state index in [0.29, 0.717) is 52.4 Å². The van der Waals surface area contributed by atoms with Crippen molar-refractivity contribution in [2.75, 3.05) is 13.1 Å². The van der Waals surface area contributed by atoms with Crippen molar-refractivity contribution in [3.63, 3.8) is 0 Å². The predicted octanol–water partition coefficient (Wildman–Crippen LogP) is 5.55. The van der Waals surface area contributed by atoms with Gasteiger partial charge in [0.2, 0.25) is 0 Å². The number of halogens is 3. The van der Waals surface area contributed by atoms with E-state index in [1.54, 1.807) is 35.0 Å². The molecule has 2 N–H and O–H groups in total. The second kappa shape index (κ2) is 10.5. The van der Waals surface area contributed by atoms with Gasteiger partial charge in [-0.3, -0.25) is 10.2 Å². The maximum Gasteiger partial charge on any atom is 0.286 e. The van der Waals surface area contributed by atoms with Crippen LogP contribution in [0, 0.1) is 0 Å². The Hall–Kier alpha value is -2.09. The Balaban J connectivity index is 1.79. The van der Waals surface area contributed by atoms with Crippen molar-refractivity contribution in [1.29, 1.82) is 0 Å². The summed E-state index contributed by atoms with van der Waals surface area (Å²) in [5.74, 6) is -0.290. The lowest BCUT2D eigenvalue weighted by molar-refractivity contribution is 0.0775. The number of aliphatic hydroxyl groups excluding tert-OH is 1. The number of nitrogens with one attached hydrogen (secondary N) is 1. The molecular formula is C24H25Cl3N4O2. The van der Waals surface area contributed by atoms with Crippen LogP contribution in [0.5, 0.6) is 0 Å². The standard InChI is InChI=1S/C24H25Cl3N4O2/c1-2-19-22(24(33)29-30-12-3-4-18(32)11-13-30)28-31(21-10-9-17(26)14-20(21)27)23(19)15-5-7-16(25)8-6-15/h5-10,14,18,32H,2-4,11-13H2,1H3,(H,29,33). The summed E-state index contributed by atoms with van der Waals surface area (Å²) in [6.07, 6.45) is 2.42. The van der Waals surface area contributed by atoms with E-state index in [9.17, 15) is 9.90 Å². The van der Waals surface area contributed by atoms with E-state index in [4.69, 9.17) is 39.9 Å². The van der Waals surface area contributed by atoms with Gasteiger partial charge in [0, 0.05) is 34.3 Å². The zero-order valence-corrected chi connectivity index (χ0v) is 20.5. The molecule has 2 heterocycles. The first kappa shape index (κ1) is 24.0. The highest BCUT2D eigenvalue weighted by molar-refractivity contribution is 6.35. The maximum atomic E-state index is 13.3. The smallest absolute Gasteiger partial charge is 0.286 e. The number of hydrogen-bond donors (Lipinski definition) is 2. The maximum absolute atomic E-state index is 13.3. The lowest BCUT2D eigenvalue weighted by atomic mass is 10.0. The van der Waals surface area contributed by atoms with Crippen LogP contribution in [0.3, 0.4) is 0 Å². The summed E-state index contributed by atoms with van der Waals surface area (Å²) in [5.41, 5.74) is 6.38. The number of aromatic nitrogens is 2. The van der Waals surface area contributed by atoms with E-state index in [1.165, 1.54) is 0 Å². The molecular weight excluding hydrogens is 483 g/mol. The van der Waals surface area contributed by atoms with Gasteiger partial charge in [0.1, 0.15) is 0 Å². The third-order valence-electron chi connectivity index (χ3n) is 5.76. The number of carbonyl (C=O) groups is 1. The number of amides is 1. The molecule has 1 fully saturated rings. The van der Waals surface area contributed by atoms with Gasteiger partial charge in [-0.25, -0.2) is 9.69 Å². The molecule has 1 aliphatic rings. The minimum absolute atomic E-state index is 0.290. The number of hydrogen-bond acceptors (Lipinski definition) is 4. The topological polar surface area (TPSA) is 70.4 Å². The predicted molar refractivity (Wildman–Crippen MR) is 132 cm³/mol. The van der Waals surface area contributed by atoms with Crippen LogP contribution in [-0.4, -0.2) is 45.0 Å². The minimum atomic E-state index is -0.333. The fourth-order valence-corrected chi connectivity index (χ4v) is 4.70. The molecule has 1 aromatic heterocycles. The van der Waals surface area contributed by atoms with Gasteiger partial charge in [0.25, 0.3) is 5.91 Å². The second-order valence-electron chi connectivity index (χ2n) is 8.06. The molecule has 1 amide bonds. The van der Waals surface area contributed by atoms with E-state index in [-0.39, 0.29) is 12.0 Å². The van der Waals surface area contributed by atoms with Crippen molar-refractivity contribution in [2.45, 2.75) is 38.7 Å². The molecule has 1 unspecified atom stereocenters. The van der Waals surface area contributed by atoms with Crippen LogP contribution in [-0.2, 0) is 6.42 Å². The van der Waals surface area contributed by atoms with Gasteiger partial charge in [-0.1, -0.05) is 53.9 Å². The zero-order chi connectivity index (χ0) is 23.5. The molecule has 0 bridgehead atoms. The molecule has 2 aromatic carbocycles. The van der Waals surface area contributed by atoms with Crippen molar-refractivity contribution < 1.29 is 9.90 Å².